The topological polar surface area (TPSA) is 79.7 Å². The Morgan fingerprint density at radius 2 is 2.04 bits per heavy atom. The Morgan fingerprint density at radius 1 is 1.27 bits per heavy atom. The molecule has 2 aliphatic rings. The average Bonchev–Trinajstić information content (AvgIpc) is 2.99. The Morgan fingerprint density at radius 3 is 2.73 bits per heavy atom. The van der Waals surface area contributed by atoms with E-state index in [4.69, 9.17) is 4.74 Å². The number of aromatic nitrogens is 2. The van der Waals surface area contributed by atoms with Crippen molar-refractivity contribution in [3.8, 4) is 0 Å². The van der Waals surface area contributed by atoms with Crippen LogP contribution in [0.5, 0.6) is 0 Å². The number of hydrogen-bond donors (Lipinski definition) is 1. The predicted molar refractivity (Wildman–Crippen MR) is 96.7 cm³/mol. The SMILES string of the molecule is Cc1cc(C)n(CCCC(=O)N2CCNC[C@H]2C(=O)N2CCOCC2)n1. The van der Waals surface area contributed by atoms with Crippen LogP contribution in [0, 0.1) is 13.8 Å². The van der Waals surface area contributed by atoms with Crippen molar-refractivity contribution < 1.29 is 14.3 Å². The Hall–Kier alpha value is -1.93. The highest BCUT2D eigenvalue weighted by Crippen LogP contribution is 2.13. The van der Waals surface area contributed by atoms with Crippen molar-refractivity contribution in [3.63, 3.8) is 0 Å². The molecule has 144 valence electrons. The number of amides is 2. The van der Waals surface area contributed by atoms with Crippen LogP contribution >= 0.6 is 0 Å². The fourth-order valence-electron chi connectivity index (χ4n) is 3.64. The number of nitrogens with one attached hydrogen (secondary N) is 1. The van der Waals surface area contributed by atoms with Gasteiger partial charge in [0, 0.05) is 51.4 Å². The average molecular weight is 363 g/mol. The molecular weight excluding hydrogens is 334 g/mol. The summed E-state index contributed by atoms with van der Waals surface area (Å²) in [4.78, 5) is 29.2. The van der Waals surface area contributed by atoms with Gasteiger partial charge in [-0.3, -0.25) is 14.3 Å². The molecule has 2 aliphatic heterocycles. The molecule has 2 amide bonds. The molecule has 0 bridgehead atoms. The standard InChI is InChI=1S/C18H29N5O3/c1-14-12-15(2)23(20-14)6-3-4-17(24)22-7-5-19-13-16(22)18(25)21-8-10-26-11-9-21/h12,16,19H,3-11,13H2,1-2H3/t16-/m0/s1. The second kappa shape index (κ2) is 8.64. The highest BCUT2D eigenvalue weighted by Gasteiger charge is 2.34. The van der Waals surface area contributed by atoms with Gasteiger partial charge in [-0.25, -0.2) is 0 Å². The molecule has 2 saturated heterocycles. The second-order valence-electron chi connectivity index (χ2n) is 7.00. The molecule has 0 aliphatic carbocycles. The van der Waals surface area contributed by atoms with Gasteiger partial charge < -0.3 is 19.9 Å². The number of piperazine rings is 1. The minimum atomic E-state index is -0.400. The lowest BCUT2D eigenvalue weighted by Gasteiger charge is -2.39. The van der Waals surface area contributed by atoms with Crippen LogP contribution in [0.2, 0.25) is 0 Å². The van der Waals surface area contributed by atoms with Crippen molar-refractivity contribution >= 4 is 11.8 Å². The highest BCUT2D eigenvalue weighted by molar-refractivity contribution is 5.88. The molecule has 0 aromatic carbocycles. The third-order valence-corrected chi connectivity index (χ3v) is 5.04. The van der Waals surface area contributed by atoms with Gasteiger partial charge in [0.2, 0.25) is 11.8 Å². The largest absolute Gasteiger partial charge is 0.378 e. The monoisotopic (exact) mass is 363 g/mol. The number of aryl methyl sites for hydroxylation is 3. The molecule has 8 nitrogen and oxygen atoms in total. The van der Waals surface area contributed by atoms with Crippen LogP contribution < -0.4 is 5.32 Å². The first-order valence-electron chi connectivity index (χ1n) is 9.44. The van der Waals surface area contributed by atoms with Crippen LogP contribution in [0.3, 0.4) is 0 Å². The molecule has 3 rings (SSSR count). The zero-order valence-electron chi connectivity index (χ0n) is 15.7. The summed E-state index contributed by atoms with van der Waals surface area (Å²) >= 11 is 0. The number of ether oxygens (including phenoxy) is 1. The minimum absolute atomic E-state index is 0.0346. The third-order valence-electron chi connectivity index (χ3n) is 5.04. The molecule has 0 saturated carbocycles. The van der Waals surface area contributed by atoms with Gasteiger partial charge in [-0.1, -0.05) is 0 Å². The van der Waals surface area contributed by atoms with Crippen LogP contribution in [0.25, 0.3) is 0 Å². The maximum atomic E-state index is 12.8. The van der Waals surface area contributed by atoms with Gasteiger partial charge in [-0.2, -0.15) is 5.10 Å². The summed E-state index contributed by atoms with van der Waals surface area (Å²) in [5, 5.41) is 7.68. The van der Waals surface area contributed by atoms with E-state index in [1.165, 1.54) is 0 Å². The van der Waals surface area contributed by atoms with E-state index in [0.29, 0.717) is 45.8 Å². The maximum Gasteiger partial charge on any atom is 0.246 e. The van der Waals surface area contributed by atoms with Crippen LogP contribution in [0.4, 0.5) is 0 Å². The van der Waals surface area contributed by atoms with Crippen molar-refractivity contribution in [2.45, 2.75) is 39.3 Å². The highest BCUT2D eigenvalue weighted by atomic mass is 16.5. The number of carbonyl (C=O) groups is 2. The molecule has 0 radical (unpaired) electrons. The van der Waals surface area contributed by atoms with E-state index in [1.54, 1.807) is 4.90 Å². The van der Waals surface area contributed by atoms with Gasteiger partial charge in [-0.15, -0.1) is 0 Å². The summed E-state index contributed by atoms with van der Waals surface area (Å²) in [5.41, 5.74) is 2.10. The first-order chi connectivity index (χ1) is 12.6. The van der Waals surface area contributed by atoms with Crippen molar-refractivity contribution in [2.75, 3.05) is 45.9 Å². The number of rotatable bonds is 5. The van der Waals surface area contributed by atoms with E-state index in [0.717, 1.165) is 30.9 Å². The number of morpholine rings is 1. The lowest BCUT2D eigenvalue weighted by molar-refractivity contribution is -0.149. The van der Waals surface area contributed by atoms with Crippen LogP contribution in [0.15, 0.2) is 6.07 Å². The van der Waals surface area contributed by atoms with Crippen LogP contribution in [-0.4, -0.2) is 83.4 Å². The summed E-state index contributed by atoms with van der Waals surface area (Å²) in [6, 6.07) is 1.64. The first-order valence-corrected chi connectivity index (χ1v) is 9.44. The van der Waals surface area contributed by atoms with E-state index >= 15 is 0 Å². The zero-order chi connectivity index (χ0) is 18.5. The van der Waals surface area contributed by atoms with E-state index in [1.807, 2.05) is 29.5 Å². The lowest BCUT2D eigenvalue weighted by Crippen LogP contribution is -2.61. The molecule has 8 heteroatoms. The van der Waals surface area contributed by atoms with Gasteiger partial charge in [0.1, 0.15) is 6.04 Å². The summed E-state index contributed by atoms with van der Waals surface area (Å²) in [6.45, 7) is 8.91. The predicted octanol–water partition coefficient (Wildman–Crippen LogP) is -0.0607. The van der Waals surface area contributed by atoms with Crippen molar-refractivity contribution in [3.05, 3.63) is 17.5 Å². The molecule has 0 unspecified atom stereocenters. The van der Waals surface area contributed by atoms with Gasteiger partial charge in [0.05, 0.1) is 18.9 Å². The van der Waals surface area contributed by atoms with Crippen molar-refractivity contribution in [2.24, 2.45) is 0 Å². The fraction of sp³-hybridized carbons (Fsp3) is 0.722. The lowest BCUT2D eigenvalue weighted by atomic mass is 10.1. The molecule has 1 N–H and O–H groups in total. The van der Waals surface area contributed by atoms with Gasteiger partial charge >= 0.3 is 0 Å². The summed E-state index contributed by atoms with van der Waals surface area (Å²) in [5.74, 6) is 0.0898. The molecule has 1 atom stereocenters. The summed E-state index contributed by atoms with van der Waals surface area (Å²) in [6.07, 6.45) is 1.16. The van der Waals surface area contributed by atoms with Crippen LogP contribution in [0.1, 0.15) is 24.2 Å². The number of nitrogens with zero attached hydrogens (tertiary/aromatic N) is 4. The molecule has 3 heterocycles. The van der Waals surface area contributed by atoms with Crippen molar-refractivity contribution in [1.82, 2.24) is 24.9 Å². The summed E-state index contributed by atoms with van der Waals surface area (Å²) in [7, 11) is 0. The first kappa shape index (κ1) is 18.8. The summed E-state index contributed by atoms with van der Waals surface area (Å²) < 4.78 is 7.26. The fourth-order valence-corrected chi connectivity index (χ4v) is 3.64. The molecule has 0 spiro atoms. The van der Waals surface area contributed by atoms with E-state index in [2.05, 4.69) is 10.4 Å². The minimum Gasteiger partial charge on any atom is -0.378 e. The smallest absolute Gasteiger partial charge is 0.246 e. The van der Waals surface area contributed by atoms with E-state index in [9.17, 15) is 9.59 Å². The van der Waals surface area contributed by atoms with Crippen LogP contribution in [-0.2, 0) is 20.9 Å². The number of carbonyl (C=O) groups excluding carboxylic acids is 2. The quantitative estimate of drug-likeness (QED) is 0.793. The Bertz CT molecular complexity index is 639. The molecule has 2 fully saturated rings. The zero-order valence-corrected chi connectivity index (χ0v) is 15.7. The third kappa shape index (κ3) is 4.42. The van der Waals surface area contributed by atoms with E-state index < -0.39 is 6.04 Å². The molecule has 1 aromatic rings. The van der Waals surface area contributed by atoms with Crippen molar-refractivity contribution in [1.29, 1.82) is 0 Å². The van der Waals surface area contributed by atoms with Gasteiger partial charge in [0.15, 0.2) is 0 Å². The molecular formula is C18H29N5O3. The Balaban J connectivity index is 1.55. The number of hydrogen-bond acceptors (Lipinski definition) is 5. The molecule has 26 heavy (non-hydrogen) atoms. The molecule has 1 aromatic heterocycles. The van der Waals surface area contributed by atoms with Gasteiger partial charge in [-0.05, 0) is 26.3 Å². The second-order valence-corrected chi connectivity index (χ2v) is 7.00. The normalized spacial score (nSPS) is 21.1. The Kier molecular flexibility index (Phi) is 6.26. The van der Waals surface area contributed by atoms with E-state index in [-0.39, 0.29) is 11.8 Å². The Labute approximate surface area is 154 Å². The maximum absolute atomic E-state index is 12.8. The van der Waals surface area contributed by atoms with Gasteiger partial charge in [0.25, 0.3) is 0 Å².